The number of nitrogens with one attached hydrogen (secondary N) is 1. The summed E-state index contributed by atoms with van der Waals surface area (Å²) in [5, 5.41) is 11.6. The van der Waals surface area contributed by atoms with Gasteiger partial charge in [0.25, 0.3) is 5.91 Å². The lowest BCUT2D eigenvalue weighted by molar-refractivity contribution is 0.0922. The van der Waals surface area contributed by atoms with Crippen LogP contribution in [0.2, 0.25) is 0 Å². The van der Waals surface area contributed by atoms with Gasteiger partial charge in [0.1, 0.15) is 5.82 Å². The summed E-state index contributed by atoms with van der Waals surface area (Å²) in [5.41, 5.74) is 0.477. The van der Waals surface area contributed by atoms with Crippen LogP contribution in [0.3, 0.4) is 0 Å². The number of rotatable bonds is 4. The first-order chi connectivity index (χ1) is 7.95. The molecule has 0 aliphatic carbocycles. The second-order valence-electron chi connectivity index (χ2n) is 3.98. The Hall–Kier alpha value is -1.14. The molecule has 0 aromatic carbocycles. The van der Waals surface area contributed by atoms with Gasteiger partial charge in [-0.3, -0.25) is 4.79 Å². The zero-order chi connectivity index (χ0) is 13.0. The molecule has 0 spiro atoms. The predicted molar refractivity (Wildman–Crippen MR) is 70.3 cm³/mol. The minimum Gasteiger partial charge on any atom is -0.394 e. The van der Waals surface area contributed by atoms with Crippen molar-refractivity contribution in [3.63, 3.8) is 0 Å². The third-order valence-corrected chi connectivity index (χ3v) is 2.59. The Morgan fingerprint density at radius 3 is 2.82 bits per heavy atom. The van der Waals surface area contributed by atoms with Crippen molar-refractivity contribution in [1.29, 1.82) is 0 Å². The van der Waals surface area contributed by atoms with E-state index in [0.29, 0.717) is 11.4 Å². The number of halogens is 1. The number of carbonyl (C=O) groups excluding carboxylic acids is 1. The Morgan fingerprint density at radius 1 is 1.65 bits per heavy atom. The Bertz CT molecular complexity index is 410. The maximum atomic E-state index is 12.0. The van der Waals surface area contributed by atoms with Gasteiger partial charge in [0.05, 0.1) is 12.2 Å². The van der Waals surface area contributed by atoms with Crippen LogP contribution in [0.4, 0.5) is 5.82 Å². The van der Waals surface area contributed by atoms with Gasteiger partial charge in [-0.05, 0) is 28.9 Å². The molecule has 1 aromatic heterocycles. The number of hydrogen-bond acceptors (Lipinski definition) is 4. The topological polar surface area (TPSA) is 65.5 Å². The molecule has 17 heavy (non-hydrogen) atoms. The Kier molecular flexibility index (Phi) is 4.89. The van der Waals surface area contributed by atoms with Crippen LogP contribution in [0.15, 0.2) is 16.7 Å². The molecule has 1 unspecified atom stereocenters. The lowest BCUT2D eigenvalue weighted by atomic mass is 10.2. The van der Waals surface area contributed by atoms with Gasteiger partial charge in [-0.15, -0.1) is 0 Å². The van der Waals surface area contributed by atoms with Crippen molar-refractivity contribution in [3.8, 4) is 0 Å². The Morgan fingerprint density at radius 2 is 2.29 bits per heavy atom. The summed E-state index contributed by atoms with van der Waals surface area (Å²) in [6.07, 6.45) is 1.64. The lowest BCUT2D eigenvalue weighted by Crippen LogP contribution is -2.36. The van der Waals surface area contributed by atoms with E-state index in [-0.39, 0.29) is 18.6 Å². The number of anilines is 1. The van der Waals surface area contributed by atoms with E-state index in [1.165, 1.54) is 0 Å². The summed E-state index contributed by atoms with van der Waals surface area (Å²) < 4.78 is 0.741. The highest BCUT2D eigenvalue weighted by Crippen LogP contribution is 2.19. The van der Waals surface area contributed by atoms with Crippen molar-refractivity contribution in [2.24, 2.45) is 0 Å². The molecule has 1 heterocycles. The van der Waals surface area contributed by atoms with Gasteiger partial charge < -0.3 is 15.3 Å². The van der Waals surface area contributed by atoms with E-state index >= 15 is 0 Å². The number of hydrogen-bond donors (Lipinski definition) is 2. The number of carbonyl (C=O) groups is 1. The normalized spacial score (nSPS) is 12.1. The van der Waals surface area contributed by atoms with Crippen molar-refractivity contribution in [3.05, 3.63) is 22.3 Å². The fourth-order valence-corrected chi connectivity index (χ4v) is 1.63. The summed E-state index contributed by atoms with van der Waals surface area (Å²) in [5.74, 6) is 0.347. The molecule has 0 radical (unpaired) electrons. The van der Waals surface area contributed by atoms with Crippen LogP contribution in [0.1, 0.15) is 17.3 Å². The van der Waals surface area contributed by atoms with E-state index in [1.807, 2.05) is 14.1 Å². The summed E-state index contributed by atoms with van der Waals surface area (Å²) in [6.45, 7) is 1.64. The molecule has 0 saturated heterocycles. The van der Waals surface area contributed by atoms with Gasteiger partial charge >= 0.3 is 0 Å². The minimum atomic E-state index is -0.281. The number of aliphatic hydroxyl groups excluding tert-OH is 1. The first-order valence-electron chi connectivity index (χ1n) is 5.20. The molecule has 6 heteroatoms. The molecular weight excluding hydrogens is 286 g/mol. The predicted octanol–water partition coefficient (Wildman–Crippen LogP) is 1.02. The van der Waals surface area contributed by atoms with Crippen molar-refractivity contribution in [1.82, 2.24) is 10.3 Å². The molecule has 1 rings (SSSR count). The van der Waals surface area contributed by atoms with Gasteiger partial charge in [0.2, 0.25) is 0 Å². The molecule has 0 saturated carbocycles. The van der Waals surface area contributed by atoms with Crippen LogP contribution in [-0.2, 0) is 0 Å². The second-order valence-corrected chi connectivity index (χ2v) is 4.89. The van der Waals surface area contributed by atoms with Gasteiger partial charge in [-0.2, -0.15) is 0 Å². The van der Waals surface area contributed by atoms with Gasteiger partial charge in [0.15, 0.2) is 0 Å². The standard InChI is InChI=1S/C11H16BrN3O2/c1-7(6-16)14-11(17)9-4-8(12)5-13-10(9)15(2)3/h4-5,7,16H,6H2,1-3H3,(H,14,17). The van der Waals surface area contributed by atoms with Crippen LogP contribution in [0, 0.1) is 0 Å². The number of aromatic nitrogens is 1. The van der Waals surface area contributed by atoms with E-state index in [0.717, 1.165) is 4.47 Å². The van der Waals surface area contributed by atoms with Crippen molar-refractivity contribution < 1.29 is 9.90 Å². The highest BCUT2D eigenvalue weighted by atomic mass is 79.9. The molecule has 1 amide bonds. The van der Waals surface area contributed by atoms with Crippen LogP contribution in [0.25, 0.3) is 0 Å². The van der Waals surface area contributed by atoms with Crippen molar-refractivity contribution >= 4 is 27.7 Å². The van der Waals surface area contributed by atoms with Crippen LogP contribution < -0.4 is 10.2 Å². The lowest BCUT2D eigenvalue weighted by Gasteiger charge is -2.17. The third kappa shape index (κ3) is 3.67. The monoisotopic (exact) mass is 301 g/mol. The molecule has 2 N–H and O–H groups in total. The minimum absolute atomic E-state index is 0.0928. The van der Waals surface area contributed by atoms with E-state index in [4.69, 9.17) is 5.11 Å². The average Bonchev–Trinajstić information content (AvgIpc) is 2.28. The smallest absolute Gasteiger partial charge is 0.255 e. The first kappa shape index (κ1) is 13.9. The summed E-state index contributed by atoms with van der Waals surface area (Å²) in [7, 11) is 3.64. The second kappa shape index (κ2) is 5.97. The zero-order valence-electron chi connectivity index (χ0n) is 10.1. The quantitative estimate of drug-likeness (QED) is 0.871. The molecule has 1 atom stereocenters. The highest BCUT2D eigenvalue weighted by molar-refractivity contribution is 9.10. The summed E-state index contributed by atoms with van der Waals surface area (Å²) in [6, 6.07) is 1.43. The number of aliphatic hydroxyl groups is 1. The number of pyridine rings is 1. The van der Waals surface area contributed by atoms with Gasteiger partial charge in [0, 0.05) is 30.8 Å². The SMILES string of the molecule is CC(CO)NC(=O)c1cc(Br)cnc1N(C)C. The van der Waals surface area contributed by atoms with Gasteiger partial charge in [-0.1, -0.05) is 0 Å². The fraction of sp³-hybridized carbons (Fsp3) is 0.455. The molecule has 5 nitrogen and oxygen atoms in total. The average molecular weight is 302 g/mol. The molecule has 0 aliphatic heterocycles. The fourth-order valence-electron chi connectivity index (χ4n) is 1.30. The molecule has 94 valence electrons. The van der Waals surface area contributed by atoms with E-state index in [1.54, 1.807) is 24.1 Å². The Balaban J connectivity index is 3.02. The highest BCUT2D eigenvalue weighted by Gasteiger charge is 2.16. The zero-order valence-corrected chi connectivity index (χ0v) is 11.7. The van der Waals surface area contributed by atoms with Gasteiger partial charge in [-0.25, -0.2) is 4.98 Å². The maximum Gasteiger partial charge on any atom is 0.255 e. The molecular formula is C11H16BrN3O2. The summed E-state index contributed by atoms with van der Waals surface area (Å²) >= 11 is 3.29. The van der Waals surface area contributed by atoms with Crippen molar-refractivity contribution in [2.75, 3.05) is 25.6 Å². The Labute approximate surface area is 109 Å². The molecule has 0 aliphatic rings. The van der Waals surface area contributed by atoms with Crippen LogP contribution in [0.5, 0.6) is 0 Å². The molecule has 0 fully saturated rings. The number of amides is 1. The van der Waals surface area contributed by atoms with Crippen LogP contribution in [-0.4, -0.2) is 42.7 Å². The van der Waals surface area contributed by atoms with Crippen LogP contribution >= 0.6 is 15.9 Å². The molecule has 1 aromatic rings. The summed E-state index contributed by atoms with van der Waals surface area (Å²) in [4.78, 5) is 17.9. The number of nitrogens with zero attached hydrogens (tertiary/aromatic N) is 2. The van der Waals surface area contributed by atoms with E-state index in [9.17, 15) is 4.79 Å². The molecule has 0 bridgehead atoms. The van der Waals surface area contributed by atoms with E-state index in [2.05, 4.69) is 26.2 Å². The van der Waals surface area contributed by atoms with Crippen molar-refractivity contribution in [2.45, 2.75) is 13.0 Å². The third-order valence-electron chi connectivity index (χ3n) is 2.15. The first-order valence-corrected chi connectivity index (χ1v) is 5.99. The largest absolute Gasteiger partial charge is 0.394 e. The van der Waals surface area contributed by atoms with E-state index < -0.39 is 0 Å². The maximum absolute atomic E-state index is 12.0.